The molecule has 0 saturated heterocycles. The topological polar surface area (TPSA) is 0 Å². The van der Waals surface area contributed by atoms with Crippen molar-refractivity contribution in [3.05, 3.63) is 0 Å². The molecule has 1 radical (unpaired) electrons. The molecule has 0 atom stereocenters. The molecule has 5 heteroatoms. The molecule has 0 nitrogen and oxygen atoms in total. The Morgan fingerprint density at radius 1 is 1.00 bits per heavy atom. The molecule has 31 valence electrons. The average molecular weight is 395 g/mol. The van der Waals surface area contributed by atoms with Crippen LogP contribution in [-0.2, 0) is 34.1 Å². The van der Waals surface area contributed by atoms with Crippen LogP contribution in [0.2, 0.25) is 0 Å². The van der Waals surface area contributed by atoms with Gasteiger partial charge in [-0.3, -0.25) is 0 Å². The standard InChI is InChI=1S/Bi.Cu.Fe.K.Na.5H. The van der Waals surface area contributed by atoms with Crippen LogP contribution < -0.4 is 0 Å². The van der Waals surface area contributed by atoms with E-state index in [1.165, 1.54) is 0 Å². The molecule has 5 heavy (non-hydrogen) atoms. The fourth-order valence-corrected chi connectivity index (χ4v) is 0. The Hall–Kier alpha value is 4.56. The zero-order chi connectivity index (χ0) is 0. The van der Waals surface area contributed by atoms with Gasteiger partial charge in [0.15, 0.2) is 0 Å². The average Bonchev–Trinajstić information content (AvgIpc) is 0. The number of hydrogen-bond donors (Lipinski definition) is 0. The second kappa shape index (κ2) is 23.5. The first-order chi connectivity index (χ1) is 0. The molecule has 0 aromatic carbocycles. The summed E-state index contributed by atoms with van der Waals surface area (Å²) in [6.07, 6.45) is 0. The van der Waals surface area contributed by atoms with Crippen molar-refractivity contribution in [1.29, 1.82) is 0 Å². The van der Waals surface area contributed by atoms with Crippen molar-refractivity contribution < 1.29 is 34.1 Å². The molecule has 0 aliphatic carbocycles. The third kappa shape index (κ3) is 17.7. The van der Waals surface area contributed by atoms with E-state index < -0.39 is 0 Å². The Labute approximate surface area is 137 Å². The van der Waals surface area contributed by atoms with Gasteiger partial charge < -0.3 is 0 Å². The summed E-state index contributed by atoms with van der Waals surface area (Å²) in [6, 6.07) is 0. The van der Waals surface area contributed by atoms with Gasteiger partial charge >= 0.3 is 107 Å². The van der Waals surface area contributed by atoms with Crippen molar-refractivity contribution in [2.45, 2.75) is 0 Å². The Bertz CT molecular complexity index is 11.6. The third-order valence-corrected chi connectivity index (χ3v) is 0. The van der Waals surface area contributed by atoms with Gasteiger partial charge in [0.1, 0.15) is 0 Å². The molecule has 0 rings (SSSR count). The van der Waals surface area contributed by atoms with Gasteiger partial charge in [-0.25, -0.2) is 0 Å². The fraction of sp³-hybridized carbons (Fsp3) is 0. The van der Waals surface area contributed by atoms with Crippen molar-refractivity contribution in [2.24, 2.45) is 0 Å². The van der Waals surface area contributed by atoms with Crippen LogP contribution >= 0.6 is 0 Å². The van der Waals surface area contributed by atoms with Gasteiger partial charge in [-0.15, -0.1) is 0 Å². The first-order valence-corrected chi connectivity index (χ1v) is 0. The molecule has 0 fully saturated rings. The van der Waals surface area contributed by atoms with Crippen LogP contribution in [-0.4, -0.2) is 107 Å². The molecule has 0 saturated carbocycles. The summed E-state index contributed by atoms with van der Waals surface area (Å²) in [5.41, 5.74) is 0. The molecule has 0 aliphatic heterocycles. The van der Waals surface area contributed by atoms with Crippen molar-refractivity contribution in [1.82, 2.24) is 0 Å². The third-order valence-electron chi connectivity index (χ3n) is 0. The summed E-state index contributed by atoms with van der Waals surface area (Å²) in [6.45, 7) is 0. The van der Waals surface area contributed by atoms with Crippen LogP contribution in [0, 0.1) is 0 Å². The second-order valence-electron chi connectivity index (χ2n) is 0. The number of rotatable bonds is 0. The van der Waals surface area contributed by atoms with Crippen LogP contribution in [0.25, 0.3) is 0 Å². The van der Waals surface area contributed by atoms with Gasteiger partial charge in [-0.1, -0.05) is 0 Å². The summed E-state index contributed by atoms with van der Waals surface area (Å²) >= 11 is 0. The van der Waals surface area contributed by atoms with E-state index in [0.29, 0.717) is 0 Å². The summed E-state index contributed by atoms with van der Waals surface area (Å²) in [5.74, 6) is 0. The van der Waals surface area contributed by atoms with Gasteiger partial charge in [-0.2, -0.15) is 0 Å². The first kappa shape index (κ1) is 33.7. The monoisotopic (exact) mass is 395 g/mol. The minimum atomic E-state index is 0. The zero-order valence-electron chi connectivity index (χ0n) is 1.36. The van der Waals surface area contributed by atoms with Gasteiger partial charge in [-0.05, 0) is 0 Å². The summed E-state index contributed by atoms with van der Waals surface area (Å²) in [4.78, 5) is 0. The molecule has 0 amide bonds. The van der Waals surface area contributed by atoms with Crippen LogP contribution in [0.3, 0.4) is 0 Å². The van der Waals surface area contributed by atoms with E-state index >= 15 is 0 Å². The first-order valence-electron chi connectivity index (χ1n) is 0. The summed E-state index contributed by atoms with van der Waals surface area (Å²) in [7, 11) is 0. The maximum absolute atomic E-state index is 0. The molecule has 0 aliphatic rings. The predicted octanol–water partition coefficient (Wildman–Crippen LogP) is -2.49. The summed E-state index contributed by atoms with van der Waals surface area (Å²) in [5, 5.41) is 0. The van der Waals surface area contributed by atoms with Crippen LogP contribution in [0.4, 0.5) is 0 Å². The van der Waals surface area contributed by atoms with E-state index in [9.17, 15) is 0 Å². The molecule has 0 heterocycles. The van der Waals surface area contributed by atoms with Gasteiger partial charge in [0.2, 0.25) is 0 Å². The molecule has 0 aromatic rings. The van der Waals surface area contributed by atoms with Crippen molar-refractivity contribution in [2.75, 3.05) is 0 Å². The van der Waals surface area contributed by atoms with Crippen LogP contribution in [0.1, 0.15) is 0 Å². The second-order valence-corrected chi connectivity index (χ2v) is 0. The zero-order valence-corrected chi connectivity index (χ0v) is 8.91. The van der Waals surface area contributed by atoms with E-state index in [-0.39, 0.29) is 141 Å². The maximum atomic E-state index is 0. The molecular formula is H5BiCuFeKNa. The van der Waals surface area contributed by atoms with Crippen molar-refractivity contribution in [3.63, 3.8) is 0 Å². The molecule has 0 spiro atoms. The summed E-state index contributed by atoms with van der Waals surface area (Å²) < 4.78 is 0. The predicted molar refractivity (Wildman–Crippen MR) is 24.2 cm³/mol. The Morgan fingerprint density at radius 2 is 1.00 bits per heavy atom. The van der Waals surface area contributed by atoms with E-state index in [1.54, 1.807) is 0 Å². The van der Waals surface area contributed by atoms with Crippen LogP contribution in [0.15, 0.2) is 0 Å². The van der Waals surface area contributed by atoms with E-state index in [4.69, 9.17) is 0 Å². The van der Waals surface area contributed by atoms with Gasteiger partial charge in [0, 0.05) is 34.1 Å². The van der Waals surface area contributed by atoms with Crippen molar-refractivity contribution >= 4 is 107 Å². The van der Waals surface area contributed by atoms with Gasteiger partial charge in [0.05, 0.1) is 0 Å². The van der Waals surface area contributed by atoms with E-state index in [2.05, 4.69) is 0 Å². The van der Waals surface area contributed by atoms with E-state index in [1.807, 2.05) is 0 Å². The SMILES string of the molecule is [BiH3].[Cu].[Fe].[KH].[NaH]. The molecular weight excluding hydrogens is 390 g/mol. The fourth-order valence-electron chi connectivity index (χ4n) is 0. The quantitative estimate of drug-likeness (QED) is 0.399. The molecule has 0 bridgehead atoms. The minimum absolute atomic E-state index is 0. The van der Waals surface area contributed by atoms with Crippen LogP contribution in [0.5, 0.6) is 0 Å². The Kier molecular flexibility index (Phi) is 159. The molecule has 0 N–H and O–H groups in total. The molecule has 0 unspecified atom stereocenters. The van der Waals surface area contributed by atoms with E-state index in [0.717, 1.165) is 0 Å². The molecule has 0 aromatic heterocycles. The normalized spacial score (nSPS) is 0. The van der Waals surface area contributed by atoms with Gasteiger partial charge in [0.25, 0.3) is 0 Å². The van der Waals surface area contributed by atoms with Crippen molar-refractivity contribution in [3.8, 4) is 0 Å². The Morgan fingerprint density at radius 3 is 1.00 bits per heavy atom. The number of hydrogen-bond acceptors (Lipinski definition) is 0. The Balaban J connectivity index is 0.